The van der Waals surface area contributed by atoms with Crippen molar-refractivity contribution in [3.63, 3.8) is 0 Å². The van der Waals surface area contributed by atoms with Crippen molar-refractivity contribution < 1.29 is 97.1 Å². The van der Waals surface area contributed by atoms with E-state index < -0.39 is 66.6 Å². The topological polar surface area (TPSA) is 387 Å². The number of carboxylic acids is 3. The van der Waals surface area contributed by atoms with E-state index in [1.807, 2.05) is 62.4 Å². The Labute approximate surface area is 710 Å². The smallest absolute Gasteiger partial charge is 0.354 e. The van der Waals surface area contributed by atoms with Gasteiger partial charge in [0.05, 0.1) is 37.3 Å². The number of ether oxygens (including phenoxy) is 2. The maximum Gasteiger partial charge on any atom is 0.354 e. The number of benzene rings is 6. The summed E-state index contributed by atoms with van der Waals surface area (Å²) in [5, 5.41) is 45.8. The highest BCUT2D eigenvalue weighted by molar-refractivity contribution is 9.10. The monoisotopic (exact) mass is 1720 g/mol. The molecule has 6 aromatic carbocycles. The molecule has 1 radical (unpaired) electrons. The molecular formula is C91H123BBrF4N6O16. The van der Waals surface area contributed by atoms with Crippen molar-refractivity contribution in [3.8, 4) is 28.7 Å². The van der Waals surface area contributed by atoms with E-state index in [0.29, 0.717) is 87.5 Å². The number of allylic oxidation sites excluding steroid dienone is 2. The molecule has 28 heteroatoms. The Morgan fingerprint density at radius 3 is 1.53 bits per heavy atom. The minimum Gasteiger partial charge on any atom is -0.492 e. The van der Waals surface area contributed by atoms with Crippen LogP contribution >= 0.6 is 15.9 Å². The largest absolute Gasteiger partial charge is 0.492 e. The third kappa shape index (κ3) is 42.8. The molecule has 0 fully saturated rings. The number of aryl methyl sites for hydroxylation is 4. The second-order valence-corrected chi connectivity index (χ2v) is 28.2. The van der Waals surface area contributed by atoms with E-state index in [1.165, 1.54) is 24.1 Å². The van der Waals surface area contributed by atoms with Gasteiger partial charge in [-0.05, 0) is 191 Å². The van der Waals surface area contributed by atoms with Gasteiger partial charge >= 0.3 is 25.5 Å². The standard InChI is InChI=1S/C47H60N6O7.C13H16O2.C9H8O3.C9H18O.C8H7BrO2.C2H5BF.C2H6O.CH3F.F2/c1-5-6-7-9-32-11-14-36(30(2)24-32)41(55)29-35(17-19-49)47(58)53(4)45-34-13-16-44(60-23-21-51)38(28-34)37-26-33(12-15-43(37)59-22-20-50)27-39(40(54)10-8-18-48)52-46(57)31(3)25-42(45)56;1-3-4-5-6-11-7-8-12(13(14)15)10(2)9-11;1-6-4-7(5-10)2-3-8(6)9(11)12;1-3-5-7-9(10)8-6-4-2;1-5-4-6(9)2-3-7(5)8(10)11;1-2-3-4;1-2-3;2*1-2/h7,9,11-16,24,26,28,31,35,39,45H,5-6,8,10,17,19-23,25,27,29,49-51H2,1-4H3,(H,52,57);5-9H,3-4H2,1-2H3,(H,14,15);2-5H,1H3,(H,11,12);3-8H2,1-2H3;2-4H,1H3,(H,10,11);2H2,1H3;3H,2H2,1H3;1H3;/b9-7+;6-5+;;;;;;;/t31-,35-,39+,45+;;;;;;;;/m1......../s1/i;;;;;;;1D;. The van der Waals surface area contributed by atoms with Crippen LogP contribution in [-0.4, -0.2) is 152 Å². The lowest BCUT2D eigenvalue weighted by molar-refractivity contribution is -0.142. The Morgan fingerprint density at radius 1 is 0.664 bits per heavy atom. The molecule has 2 amide bonds. The first-order valence-electron chi connectivity index (χ1n) is 40.3. The predicted molar refractivity (Wildman–Crippen MR) is 467 cm³/mol. The number of fused-ring (bicyclic) bond motifs is 5. The first-order chi connectivity index (χ1) is 57.3. The lowest BCUT2D eigenvalue weighted by Gasteiger charge is -2.32. The summed E-state index contributed by atoms with van der Waals surface area (Å²) >= 11 is 3.25. The number of aliphatic hydroxyl groups is 1. The second kappa shape index (κ2) is 65.6. The van der Waals surface area contributed by atoms with Gasteiger partial charge in [-0.3, -0.25) is 38.0 Å². The number of nitrogens with one attached hydrogen (secondary N) is 1. The number of aliphatic hydroxyl groups excluding tert-OH is 1. The highest BCUT2D eigenvalue weighted by Crippen LogP contribution is 2.41. The Kier molecular flexibility index (Phi) is 59.9. The molecule has 22 nitrogen and oxygen atoms in total. The van der Waals surface area contributed by atoms with Gasteiger partial charge in [-0.2, -0.15) is 5.26 Å². The maximum atomic E-state index is 14.6. The van der Waals surface area contributed by atoms with Gasteiger partial charge in [0, 0.05) is 113 Å². The number of halogens is 5. The van der Waals surface area contributed by atoms with Gasteiger partial charge in [0.1, 0.15) is 42.8 Å². The lowest BCUT2D eigenvalue weighted by Crippen LogP contribution is -2.46. The quantitative estimate of drug-likeness (QED) is 0.00821. The van der Waals surface area contributed by atoms with Crippen LogP contribution in [0.3, 0.4) is 0 Å². The molecule has 0 aliphatic carbocycles. The molecule has 6 aromatic rings. The lowest BCUT2D eigenvalue weighted by atomic mass is 9.88. The highest BCUT2D eigenvalue weighted by Gasteiger charge is 2.36. The fourth-order valence-corrected chi connectivity index (χ4v) is 12.1. The van der Waals surface area contributed by atoms with Crippen LogP contribution in [0.2, 0.25) is 6.32 Å². The van der Waals surface area contributed by atoms with Gasteiger partial charge in [0.15, 0.2) is 17.3 Å². The van der Waals surface area contributed by atoms with E-state index in [2.05, 4.69) is 61.1 Å². The molecule has 651 valence electrons. The molecule has 1 heterocycles. The molecule has 11 N–H and O–H groups in total. The molecule has 4 atom stereocenters. The van der Waals surface area contributed by atoms with Crippen LogP contribution < -0.4 is 32.0 Å². The Balaban J connectivity index is 0. The second-order valence-electron chi connectivity index (χ2n) is 27.3. The van der Waals surface area contributed by atoms with Crippen molar-refractivity contribution in [1.82, 2.24) is 10.2 Å². The number of nitriles is 1. The Hall–Kier alpha value is -10.3. The van der Waals surface area contributed by atoms with Gasteiger partial charge in [-0.15, -0.1) is 0 Å². The molecule has 1 aliphatic rings. The number of carbonyl (C=O) groups is 10. The number of likely N-dealkylation sites (N-methyl/N-ethyl adjacent to an activating group) is 1. The molecule has 0 saturated heterocycles. The molecule has 0 spiro atoms. The molecule has 1 aliphatic heterocycles. The minimum absolute atomic E-state index is 0.0214. The van der Waals surface area contributed by atoms with Crippen LogP contribution in [0.4, 0.5) is 17.9 Å². The van der Waals surface area contributed by atoms with Crippen molar-refractivity contribution in [3.05, 3.63) is 198 Å². The fourth-order valence-electron chi connectivity index (χ4n) is 11.6. The molecular weight excluding hydrogens is 1600 g/mol. The number of alkyl halides is 1. The summed E-state index contributed by atoms with van der Waals surface area (Å²) in [5.41, 5.74) is 26.9. The number of nitrogens with zero attached hydrogens (tertiary/aromatic N) is 2. The molecule has 0 unspecified atom stereocenters. The van der Waals surface area contributed by atoms with Gasteiger partial charge in [-0.1, -0.05) is 156 Å². The number of carbonyl (C=O) groups excluding carboxylic acids is 7. The zero-order chi connectivity index (χ0) is 91.2. The molecule has 0 saturated carbocycles. The van der Waals surface area contributed by atoms with Crippen LogP contribution in [0.5, 0.6) is 11.5 Å². The summed E-state index contributed by atoms with van der Waals surface area (Å²) in [4.78, 5) is 125. The summed E-state index contributed by atoms with van der Waals surface area (Å²) in [7, 11) is 1.15. The van der Waals surface area contributed by atoms with E-state index in [9.17, 15) is 61.9 Å². The van der Waals surface area contributed by atoms with E-state index >= 15 is 0 Å². The van der Waals surface area contributed by atoms with E-state index in [0.717, 1.165) is 96.5 Å². The van der Waals surface area contributed by atoms with E-state index in [-0.39, 0.29) is 95.1 Å². The molecule has 7 rings (SSSR count). The number of hydrogen-bond acceptors (Lipinski definition) is 17. The summed E-state index contributed by atoms with van der Waals surface area (Å²) in [5.74, 6) is -5.08. The van der Waals surface area contributed by atoms with Gasteiger partial charge < -0.3 is 61.6 Å². The van der Waals surface area contributed by atoms with Crippen LogP contribution in [-0.2, 0) is 30.4 Å². The number of aromatic carboxylic acids is 3. The Morgan fingerprint density at radius 2 is 1.11 bits per heavy atom. The number of nitrogens with two attached hydrogens (primary N) is 3. The van der Waals surface area contributed by atoms with Crippen LogP contribution in [0.25, 0.3) is 23.3 Å². The minimum atomic E-state index is -1.20. The van der Waals surface area contributed by atoms with Crippen molar-refractivity contribution in [1.29, 1.82) is 5.26 Å². The van der Waals surface area contributed by atoms with Crippen molar-refractivity contribution >= 4 is 94.8 Å². The summed E-state index contributed by atoms with van der Waals surface area (Å²) in [6.07, 6.45) is 19.5. The molecule has 0 aromatic heterocycles. The third-order valence-electron chi connectivity index (χ3n) is 17.7. The number of rotatable bonds is 33. The van der Waals surface area contributed by atoms with Gasteiger partial charge in [0.2, 0.25) is 11.8 Å². The van der Waals surface area contributed by atoms with Crippen LogP contribution in [0.1, 0.15) is 248 Å². The van der Waals surface area contributed by atoms with Gasteiger partial charge in [-0.25, -0.2) is 14.4 Å². The number of amides is 2. The molecule has 119 heavy (non-hydrogen) atoms. The summed E-state index contributed by atoms with van der Waals surface area (Å²) in [6, 6.07) is 30.9. The number of aldehydes is 1. The zero-order valence-electron chi connectivity index (χ0n) is 71.8. The van der Waals surface area contributed by atoms with Crippen molar-refractivity contribution in [2.75, 3.05) is 53.7 Å². The zero-order valence-corrected chi connectivity index (χ0v) is 72.4. The SMILES string of the molecule is CCC/C=C/c1ccc(C(=O)C[C@@H](CCN)C(=O)N(C)[C@@H]2C(=O)C[C@@H](C)C(=O)N[C@H](C(=O)CCC#N)Cc3ccc(OCCN)c(c3)-c3cc2ccc3OCCN)c(C)c1.CCC/C=C/c1ccc(C(=O)O)c(C)c1.CCCCC(=O)CCCC.CCO.CC[B]F.Cc1cc(Br)ccc1C(=O)O.Cc1cc(C=O)ccc1C(=O)O.FF.[2H]CF. The number of carboxylic acid groups (broad SMARTS) is 3. The van der Waals surface area contributed by atoms with Crippen LogP contribution in [0, 0.1) is 50.9 Å². The van der Waals surface area contributed by atoms with Crippen molar-refractivity contribution in [2.45, 2.75) is 197 Å². The normalized spacial score (nSPS) is 13.3. The molecule has 4 bridgehead atoms. The van der Waals surface area contributed by atoms with E-state index in [4.69, 9.17) is 57.6 Å². The van der Waals surface area contributed by atoms with Crippen LogP contribution in [0.15, 0.2) is 126 Å². The average molecular weight is 1720 g/mol. The van der Waals surface area contributed by atoms with E-state index in [1.54, 1.807) is 101 Å². The average Bonchev–Trinajstić information content (AvgIpc) is 0.776. The summed E-state index contributed by atoms with van der Waals surface area (Å²) < 4.78 is 55.2. The first kappa shape index (κ1) is 109. The number of unbranched alkanes of at least 4 members (excludes halogenated alkanes) is 4. The first-order valence-corrected chi connectivity index (χ1v) is 40.4. The maximum absolute atomic E-state index is 14.6. The number of Topliss-reactive ketones (excluding diaryl/α,β-unsaturated/α-hetero) is 4. The number of ketones is 4. The number of hydrogen-bond donors (Lipinski definition) is 8. The Bertz CT molecular complexity index is 4230. The van der Waals surface area contributed by atoms with Crippen molar-refractivity contribution in [2.24, 2.45) is 29.0 Å². The highest BCUT2D eigenvalue weighted by atomic mass is 79.9. The fraction of sp³-hybridized carbons (Fsp3) is 0.440. The van der Waals surface area contributed by atoms with Gasteiger partial charge in [0.25, 0.3) is 0 Å². The summed E-state index contributed by atoms with van der Waals surface area (Å²) in [6.45, 7) is 21.8. The predicted octanol–water partition coefficient (Wildman–Crippen LogP) is 18.2. The third-order valence-corrected chi connectivity index (χ3v) is 18.2.